The van der Waals surface area contributed by atoms with Crippen LogP contribution in [0.3, 0.4) is 0 Å². The molecule has 0 spiro atoms. The minimum Gasteiger partial charge on any atom is -0.353 e. The maximum atomic E-state index is 13.3. The van der Waals surface area contributed by atoms with Crippen LogP contribution in [0.5, 0.6) is 0 Å². The van der Waals surface area contributed by atoms with Crippen LogP contribution in [-0.4, -0.2) is 46.0 Å². The zero-order chi connectivity index (χ0) is 20.5. The van der Waals surface area contributed by atoms with Gasteiger partial charge in [-0.2, -0.15) is 0 Å². The molecule has 0 atom stereocenters. The fourth-order valence-corrected chi connectivity index (χ4v) is 4.07. The van der Waals surface area contributed by atoms with E-state index in [9.17, 15) is 8.78 Å². The van der Waals surface area contributed by atoms with Gasteiger partial charge in [-0.15, -0.1) is 0 Å². The molecule has 1 aliphatic heterocycles. The second-order valence-corrected chi connectivity index (χ2v) is 7.48. The summed E-state index contributed by atoms with van der Waals surface area (Å²) in [6.07, 6.45) is -0.863. The number of hydrogen-bond acceptors (Lipinski definition) is 5. The number of anilines is 1. The fraction of sp³-hybridized carbons (Fsp3) is 0.261. The summed E-state index contributed by atoms with van der Waals surface area (Å²) >= 11 is 0. The standard InChI is InChI=1S/C23H21F2N5/c24-21(25)22-27-19-9-2-1-8-18(19)23(28-22)30-13-11-29(12-14-30)15-17-6-3-5-16-7-4-10-26-20(16)17/h1-10,21H,11-15H2. The number of rotatable bonds is 4. The Kier molecular flexibility index (Phi) is 4.96. The Morgan fingerprint density at radius 3 is 2.50 bits per heavy atom. The van der Waals surface area contributed by atoms with Crippen molar-refractivity contribution in [2.45, 2.75) is 13.0 Å². The number of fused-ring (bicyclic) bond motifs is 2. The van der Waals surface area contributed by atoms with E-state index < -0.39 is 12.2 Å². The molecule has 1 aliphatic rings. The Balaban J connectivity index is 1.36. The van der Waals surface area contributed by atoms with Gasteiger partial charge in [0.15, 0.2) is 5.82 Å². The molecule has 0 amide bonds. The van der Waals surface area contributed by atoms with Crippen LogP contribution in [0.2, 0.25) is 0 Å². The predicted molar refractivity (Wildman–Crippen MR) is 114 cm³/mol. The van der Waals surface area contributed by atoms with Gasteiger partial charge < -0.3 is 4.90 Å². The van der Waals surface area contributed by atoms with Crippen LogP contribution in [0.4, 0.5) is 14.6 Å². The van der Waals surface area contributed by atoms with Crippen molar-refractivity contribution in [3.8, 4) is 0 Å². The Labute approximate surface area is 173 Å². The number of aromatic nitrogens is 3. The number of pyridine rings is 1. The third-order valence-corrected chi connectivity index (χ3v) is 5.58. The van der Waals surface area contributed by atoms with Gasteiger partial charge in [0.05, 0.1) is 11.0 Å². The minimum atomic E-state index is -2.69. The first-order chi connectivity index (χ1) is 14.7. The smallest absolute Gasteiger partial charge is 0.297 e. The van der Waals surface area contributed by atoms with Gasteiger partial charge >= 0.3 is 0 Å². The minimum absolute atomic E-state index is 0.409. The second-order valence-electron chi connectivity index (χ2n) is 7.48. The first-order valence-corrected chi connectivity index (χ1v) is 10.0. The number of benzene rings is 2. The summed E-state index contributed by atoms with van der Waals surface area (Å²) in [5.41, 5.74) is 2.79. The lowest BCUT2D eigenvalue weighted by Gasteiger charge is -2.36. The third kappa shape index (κ3) is 3.57. The summed E-state index contributed by atoms with van der Waals surface area (Å²) in [4.78, 5) is 17.2. The summed E-state index contributed by atoms with van der Waals surface area (Å²) in [6.45, 7) is 3.91. The molecule has 0 saturated carbocycles. The SMILES string of the molecule is FC(F)c1nc(N2CCN(Cc3cccc4cccnc34)CC2)c2ccccc2n1. The van der Waals surface area contributed by atoms with E-state index in [-0.39, 0.29) is 0 Å². The average molecular weight is 405 g/mol. The molecule has 5 nitrogen and oxygen atoms in total. The lowest BCUT2D eigenvalue weighted by Crippen LogP contribution is -2.46. The van der Waals surface area contributed by atoms with Crippen LogP contribution in [-0.2, 0) is 6.54 Å². The molecule has 5 rings (SSSR count). The molecular weight excluding hydrogens is 384 g/mol. The van der Waals surface area contributed by atoms with Crippen molar-refractivity contribution in [2.75, 3.05) is 31.1 Å². The number of alkyl halides is 2. The lowest BCUT2D eigenvalue weighted by molar-refractivity contribution is 0.141. The summed E-state index contributed by atoms with van der Waals surface area (Å²) in [5, 5.41) is 1.95. The van der Waals surface area contributed by atoms with E-state index in [0.717, 1.165) is 49.0 Å². The van der Waals surface area contributed by atoms with Crippen LogP contribution in [0.1, 0.15) is 17.8 Å². The van der Waals surface area contributed by atoms with E-state index in [0.29, 0.717) is 11.3 Å². The molecule has 7 heteroatoms. The molecule has 1 saturated heterocycles. The van der Waals surface area contributed by atoms with Crippen molar-refractivity contribution in [3.63, 3.8) is 0 Å². The van der Waals surface area contributed by atoms with Crippen molar-refractivity contribution in [3.05, 3.63) is 72.2 Å². The molecule has 0 unspecified atom stereocenters. The van der Waals surface area contributed by atoms with Crippen LogP contribution >= 0.6 is 0 Å². The number of para-hydroxylation sites is 2. The van der Waals surface area contributed by atoms with Gasteiger partial charge in [0.1, 0.15) is 5.82 Å². The summed E-state index contributed by atoms with van der Waals surface area (Å²) in [5.74, 6) is 0.190. The van der Waals surface area contributed by atoms with E-state index in [1.807, 2.05) is 30.5 Å². The van der Waals surface area contributed by atoms with Crippen molar-refractivity contribution in [2.24, 2.45) is 0 Å². The maximum Gasteiger partial charge on any atom is 0.297 e. The average Bonchev–Trinajstić information content (AvgIpc) is 2.79. The Bertz CT molecular complexity index is 1180. The van der Waals surface area contributed by atoms with Gasteiger partial charge in [0.25, 0.3) is 6.43 Å². The number of piperazine rings is 1. The zero-order valence-corrected chi connectivity index (χ0v) is 16.4. The third-order valence-electron chi connectivity index (χ3n) is 5.58. The van der Waals surface area contributed by atoms with Gasteiger partial charge in [-0.25, -0.2) is 18.7 Å². The van der Waals surface area contributed by atoms with E-state index in [1.54, 1.807) is 6.07 Å². The van der Waals surface area contributed by atoms with Crippen LogP contribution in [0, 0.1) is 0 Å². The molecule has 3 heterocycles. The largest absolute Gasteiger partial charge is 0.353 e. The molecule has 0 N–H and O–H groups in total. The molecule has 2 aromatic carbocycles. The first-order valence-electron chi connectivity index (χ1n) is 10.0. The fourth-order valence-electron chi connectivity index (χ4n) is 4.07. The topological polar surface area (TPSA) is 45.2 Å². The Morgan fingerprint density at radius 2 is 1.67 bits per heavy atom. The molecule has 1 fully saturated rings. The highest BCUT2D eigenvalue weighted by molar-refractivity contribution is 5.89. The molecule has 2 aromatic heterocycles. The van der Waals surface area contributed by atoms with Crippen molar-refractivity contribution >= 4 is 27.6 Å². The number of halogens is 2. The zero-order valence-electron chi connectivity index (χ0n) is 16.4. The molecule has 0 aliphatic carbocycles. The van der Waals surface area contributed by atoms with Gasteiger partial charge in [0.2, 0.25) is 0 Å². The highest BCUT2D eigenvalue weighted by Gasteiger charge is 2.23. The summed E-state index contributed by atoms with van der Waals surface area (Å²) < 4.78 is 26.6. The highest BCUT2D eigenvalue weighted by Crippen LogP contribution is 2.28. The molecule has 30 heavy (non-hydrogen) atoms. The highest BCUT2D eigenvalue weighted by atomic mass is 19.3. The normalized spacial score (nSPS) is 15.4. The van der Waals surface area contributed by atoms with E-state index in [1.165, 1.54) is 5.56 Å². The molecule has 0 bridgehead atoms. The van der Waals surface area contributed by atoms with Crippen LogP contribution in [0.25, 0.3) is 21.8 Å². The monoisotopic (exact) mass is 405 g/mol. The number of hydrogen-bond donors (Lipinski definition) is 0. The van der Waals surface area contributed by atoms with Gasteiger partial charge in [-0.3, -0.25) is 9.88 Å². The van der Waals surface area contributed by atoms with E-state index in [2.05, 4.69) is 49.0 Å². The number of nitrogens with zero attached hydrogens (tertiary/aromatic N) is 5. The van der Waals surface area contributed by atoms with Gasteiger partial charge in [0, 0.05) is 49.7 Å². The molecular formula is C23H21F2N5. The summed E-state index contributed by atoms with van der Waals surface area (Å²) in [6, 6.07) is 17.6. The Hall–Kier alpha value is -3.19. The second kappa shape index (κ2) is 7.91. The maximum absolute atomic E-state index is 13.3. The quantitative estimate of drug-likeness (QED) is 0.502. The van der Waals surface area contributed by atoms with Crippen molar-refractivity contribution in [1.29, 1.82) is 0 Å². The van der Waals surface area contributed by atoms with Crippen molar-refractivity contribution < 1.29 is 8.78 Å². The summed E-state index contributed by atoms with van der Waals surface area (Å²) in [7, 11) is 0. The van der Waals surface area contributed by atoms with Gasteiger partial charge in [-0.05, 0) is 23.8 Å². The molecule has 4 aromatic rings. The van der Waals surface area contributed by atoms with Crippen molar-refractivity contribution in [1.82, 2.24) is 19.9 Å². The van der Waals surface area contributed by atoms with Crippen LogP contribution < -0.4 is 4.90 Å². The Morgan fingerprint density at radius 1 is 0.867 bits per heavy atom. The van der Waals surface area contributed by atoms with E-state index >= 15 is 0 Å². The molecule has 152 valence electrons. The van der Waals surface area contributed by atoms with Gasteiger partial charge in [-0.1, -0.05) is 36.4 Å². The first kappa shape index (κ1) is 18.8. The van der Waals surface area contributed by atoms with Crippen LogP contribution in [0.15, 0.2) is 60.8 Å². The van der Waals surface area contributed by atoms with E-state index in [4.69, 9.17) is 0 Å². The predicted octanol–water partition coefficient (Wildman–Crippen LogP) is 4.44. The lowest BCUT2D eigenvalue weighted by atomic mass is 10.1. The molecule has 0 radical (unpaired) electrons.